The van der Waals surface area contributed by atoms with E-state index in [4.69, 9.17) is 9.47 Å². The fraction of sp³-hybridized carbons (Fsp3) is 0.440. The number of amides is 1. The Bertz CT molecular complexity index is 888. The number of halogens is 1. The number of carbonyl (C=O) groups excluding carboxylic acids is 1. The Morgan fingerprint density at radius 3 is 2.48 bits per heavy atom. The number of rotatable bonds is 8. The maximum Gasteiger partial charge on any atom is 0.239 e. The second kappa shape index (κ2) is 14.0. The van der Waals surface area contributed by atoms with Crippen LogP contribution in [-0.2, 0) is 16.1 Å². The number of carbonyl (C=O) groups is 1. The van der Waals surface area contributed by atoms with Crippen LogP contribution in [0, 0.1) is 12.8 Å². The van der Waals surface area contributed by atoms with E-state index in [1.165, 1.54) is 11.1 Å². The normalized spacial score (nSPS) is 18.1. The molecule has 2 unspecified atom stereocenters. The third-order valence-electron chi connectivity index (χ3n) is 5.67. The van der Waals surface area contributed by atoms with Gasteiger partial charge in [0.1, 0.15) is 5.75 Å². The second-order valence-electron chi connectivity index (χ2n) is 8.04. The van der Waals surface area contributed by atoms with Crippen LogP contribution in [-0.4, -0.2) is 45.7 Å². The first-order chi connectivity index (χ1) is 15.6. The highest BCUT2D eigenvalue weighted by atomic mass is 127. The van der Waals surface area contributed by atoms with Crippen molar-refractivity contribution in [3.8, 4) is 5.75 Å². The predicted molar refractivity (Wildman–Crippen MR) is 142 cm³/mol. The van der Waals surface area contributed by atoms with Crippen molar-refractivity contribution in [2.24, 2.45) is 10.9 Å². The summed E-state index contributed by atoms with van der Waals surface area (Å²) in [6.07, 6.45) is 2.21. The third kappa shape index (κ3) is 8.51. The molecule has 1 aliphatic heterocycles. The van der Waals surface area contributed by atoms with Gasteiger partial charge in [-0.1, -0.05) is 42.0 Å². The molecule has 0 aliphatic carbocycles. The SMILES string of the molecule is CN=C(NCC(=O)NCc1ccc(OC)cc1)NCC1CCCOC1c1ccc(C)cc1.I. The van der Waals surface area contributed by atoms with Crippen LogP contribution >= 0.6 is 24.0 Å². The third-order valence-corrected chi connectivity index (χ3v) is 5.67. The summed E-state index contributed by atoms with van der Waals surface area (Å²) < 4.78 is 11.2. The molecule has 1 aliphatic rings. The lowest BCUT2D eigenvalue weighted by Gasteiger charge is -2.32. The Morgan fingerprint density at radius 1 is 1.09 bits per heavy atom. The molecule has 0 aromatic heterocycles. The summed E-state index contributed by atoms with van der Waals surface area (Å²) in [6.45, 7) is 4.22. The Kier molecular flexibility index (Phi) is 11.5. The van der Waals surface area contributed by atoms with E-state index in [0.717, 1.165) is 37.3 Å². The average Bonchev–Trinajstić information content (AvgIpc) is 2.84. The molecule has 2 atom stereocenters. The standard InChI is InChI=1S/C25H34N4O3.HI/c1-18-6-10-20(11-7-18)24-21(5-4-14-32-24)16-28-25(26-2)29-17-23(30)27-15-19-8-12-22(31-3)13-9-19;/h6-13,21,24H,4-5,14-17H2,1-3H3,(H,27,30)(H2,26,28,29);1H. The van der Waals surface area contributed by atoms with Crippen molar-refractivity contribution in [3.05, 3.63) is 65.2 Å². The number of methoxy groups -OCH3 is 1. The summed E-state index contributed by atoms with van der Waals surface area (Å²) in [5.41, 5.74) is 3.47. The maximum atomic E-state index is 12.2. The molecule has 8 heteroatoms. The highest BCUT2D eigenvalue weighted by molar-refractivity contribution is 14.0. The van der Waals surface area contributed by atoms with E-state index in [-0.39, 0.29) is 42.5 Å². The largest absolute Gasteiger partial charge is 0.497 e. The fourth-order valence-electron chi connectivity index (χ4n) is 3.80. The Balaban J connectivity index is 0.00000385. The van der Waals surface area contributed by atoms with Crippen LogP contribution in [0.5, 0.6) is 5.75 Å². The van der Waals surface area contributed by atoms with Crippen molar-refractivity contribution >= 4 is 35.8 Å². The maximum absolute atomic E-state index is 12.2. The van der Waals surface area contributed by atoms with Gasteiger partial charge in [-0.15, -0.1) is 24.0 Å². The van der Waals surface area contributed by atoms with Gasteiger partial charge in [0.05, 0.1) is 19.8 Å². The number of ether oxygens (including phenoxy) is 2. The molecule has 33 heavy (non-hydrogen) atoms. The van der Waals surface area contributed by atoms with Crippen LogP contribution in [0.4, 0.5) is 0 Å². The minimum Gasteiger partial charge on any atom is -0.497 e. The fourth-order valence-corrected chi connectivity index (χ4v) is 3.80. The molecule has 180 valence electrons. The first-order valence-corrected chi connectivity index (χ1v) is 11.1. The molecule has 1 saturated heterocycles. The summed E-state index contributed by atoms with van der Waals surface area (Å²) in [7, 11) is 3.34. The van der Waals surface area contributed by atoms with Gasteiger partial charge in [-0.2, -0.15) is 0 Å². The van der Waals surface area contributed by atoms with Gasteiger partial charge in [0.2, 0.25) is 5.91 Å². The Morgan fingerprint density at radius 2 is 1.82 bits per heavy atom. The molecule has 0 saturated carbocycles. The predicted octanol–water partition coefficient (Wildman–Crippen LogP) is 3.57. The van der Waals surface area contributed by atoms with Gasteiger partial charge < -0.3 is 25.4 Å². The topological polar surface area (TPSA) is 84.0 Å². The number of aryl methyl sites for hydroxylation is 1. The van der Waals surface area contributed by atoms with Crippen molar-refractivity contribution in [2.45, 2.75) is 32.4 Å². The molecule has 7 nitrogen and oxygen atoms in total. The van der Waals surface area contributed by atoms with Gasteiger partial charge in [0.15, 0.2) is 5.96 Å². The molecule has 0 spiro atoms. The summed E-state index contributed by atoms with van der Waals surface area (Å²) in [6, 6.07) is 16.2. The lowest BCUT2D eigenvalue weighted by molar-refractivity contribution is -0.120. The van der Waals surface area contributed by atoms with E-state index in [1.807, 2.05) is 24.3 Å². The molecule has 0 bridgehead atoms. The lowest BCUT2D eigenvalue weighted by atomic mass is 9.89. The van der Waals surface area contributed by atoms with Crippen LogP contribution in [0.15, 0.2) is 53.5 Å². The summed E-state index contributed by atoms with van der Waals surface area (Å²) in [4.78, 5) is 16.5. The zero-order chi connectivity index (χ0) is 22.8. The minimum absolute atomic E-state index is 0. The number of aliphatic imine (C=N–C) groups is 1. The summed E-state index contributed by atoms with van der Waals surface area (Å²) in [5, 5.41) is 9.36. The van der Waals surface area contributed by atoms with Crippen molar-refractivity contribution in [1.82, 2.24) is 16.0 Å². The van der Waals surface area contributed by atoms with Crippen LogP contribution in [0.25, 0.3) is 0 Å². The van der Waals surface area contributed by atoms with E-state index in [0.29, 0.717) is 18.4 Å². The summed E-state index contributed by atoms with van der Waals surface area (Å²) >= 11 is 0. The second-order valence-corrected chi connectivity index (χ2v) is 8.04. The van der Waals surface area contributed by atoms with Crippen LogP contribution in [0.3, 0.4) is 0 Å². The molecule has 2 aromatic carbocycles. The first kappa shape index (κ1) is 26.9. The number of hydrogen-bond acceptors (Lipinski definition) is 4. The molecular weight excluding hydrogens is 531 g/mol. The average molecular weight is 566 g/mol. The number of guanidine groups is 1. The number of nitrogens with zero attached hydrogens (tertiary/aromatic N) is 1. The molecule has 1 fully saturated rings. The quantitative estimate of drug-likeness (QED) is 0.259. The number of benzene rings is 2. The number of hydrogen-bond donors (Lipinski definition) is 3. The minimum atomic E-state index is -0.0951. The van der Waals surface area contributed by atoms with Crippen LogP contribution in [0.1, 0.15) is 35.6 Å². The highest BCUT2D eigenvalue weighted by Crippen LogP contribution is 2.33. The van der Waals surface area contributed by atoms with Crippen molar-refractivity contribution in [3.63, 3.8) is 0 Å². The molecule has 0 radical (unpaired) electrons. The zero-order valence-corrected chi connectivity index (χ0v) is 21.9. The van der Waals surface area contributed by atoms with Crippen molar-refractivity contribution < 1.29 is 14.3 Å². The van der Waals surface area contributed by atoms with Crippen LogP contribution in [0.2, 0.25) is 0 Å². The van der Waals surface area contributed by atoms with E-state index in [9.17, 15) is 4.79 Å². The van der Waals surface area contributed by atoms with Crippen molar-refractivity contribution in [2.75, 3.05) is 33.9 Å². The smallest absolute Gasteiger partial charge is 0.239 e. The Hall–Kier alpha value is -2.33. The molecule has 2 aromatic rings. The van der Waals surface area contributed by atoms with E-state index < -0.39 is 0 Å². The monoisotopic (exact) mass is 566 g/mol. The zero-order valence-electron chi connectivity index (χ0n) is 19.6. The van der Waals surface area contributed by atoms with E-state index >= 15 is 0 Å². The summed E-state index contributed by atoms with van der Waals surface area (Å²) in [5.74, 6) is 1.65. The molecule has 3 rings (SSSR count). The van der Waals surface area contributed by atoms with Gasteiger partial charge in [0.25, 0.3) is 0 Å². The van der Waals surface area contributed by atoms with Gasteiger partial charge >= 0.3 is 0 Å². The van der Waals surface area contributed by atoms with Crippen molar-refractivity contribution in [1.29, 1.82) is 0 Å². The van der Waals surface area contributed by atoms with Gasteiger partial charge in [-0.05, 0) is 43.0 Å². The number of nitrogens with one attached hydrogen (secondary N) is 3. The van der Waals surface area contributed by atoms with Gasteiger partial charge in [-0.3, -0.25) is 9.79 Å². The van der Waals surface area contributed by atoms with Gasteiger partial charge in [0, 0.05) is 32.7 Å². The lowest BCUT2D eigenvalue weighted by Crippen LogP contribution is -2.45. The van der Waals surface area contributed by atoms with Gasteiger partial charge in [-0.25, -0.2) is 0 Å². The van der Waals surface area contributed by atoms with Crippen LogP contribution < -0.4 is 20.7 Å². The molecular formula is C25H35IN4O3. The highest BCUT2D eigenvalue weighted by Gasteiger charge is 2.27. The first-order valence-electron chi connectivity index (χ1n) is 11.1. The van der Waals surface area contributed by atoms with E-state index in [1.54, 1.807) is 14.2 Å². The van der Waals surface area contributed by atoms with E-state index in [2.05, 4.69) is 52.1 Å². The molecule has 1 heterocycles. The molecule has 1 amide bonds. The molecule has 3 N–H and O–H groups in total. The Labute approximate surface area is 213 Å².